The fourth-order valence-electron chi connectivity index (χ4n) is 1.51. The number of rotatable bonds is 4. The molecule has 0 fully saturated rings. The lowest BCUT2D eigenvalue weighted by atomic mass is 10.0. The normalized spacial score (nSPS) is 13.2. The van der Waals surface area contributed by atoms with E-state index >= 15 is 0 Å². The predicted molar refractivity (Wildman–Crippen MR) is 64.0 cm³/mol. The van der Waals surface area contributed by atoms with Crippen molar-refractivity contribution < 1.29 is 0 Å². The largest absolute Gasteiger partial charge is 0.123 e. The van der Waals surface area contributed by atoms with E-state index in [9.17, 15) is 0 Å². The second-order valence-electron chi connectivity index (χ2n) is 4.29. The minimum atomic E-state index is 0.301. The number of hydrogen-bond acceptors (Lipinski definition) is 0. The minimum absolute atomic E-state index is 0.301. The molecule has 78 valence electrons. The predicted octanol–water partition coefficient (Wildman–Crippen LogP) is 4.19. The van der Waals surface area contributed by atoms with Gasteiger partial charge in [0.15, 0.2) is 0 Å². The smallest absolute Gasteiger partial charge is 0.0362 e. The van der Waals surface area contributed by atoms with Crippen LogP contribution in [0.1, 0.15) is 31.4 Å². The van der Waals surface area contributed by atoms with E-state index < -0.39 is 0 Å². The number of aryl methyl sites for hydroxylation is 2. The highest BCUT2D eigenvalue weighted by Gasteiger charge is 2.08. The fraction of sp³-hybridized carbons (Fsp3) is 0.538. The standard InChI is InChI=1S/C13H19Cl/c1-10(2)13(14)8-7-12-6-4-5-11(3)9-12/h4-6,9-10,13H,7-8H2,1-3H3. The molecule has 0 N–H and O–H groups in total. The van der Waals surface area contributed by atoms with Gasteiger partial charge in [0.1, 0.15) is 0 Å². The van der Waals surface area contributed by atoms with Gasteiger partial charge in [0.2, 0.25) is 0 Å². The Bertz CT molecular complexity index is 278. The van der Waals surface area contributed by atoms with Crippen LogP contribution in [0.2, 0.25) is 0 Å². The first-order valence-electron chi connectivity index (χ1n) is 5.29. The molecule has 0 aromatic heterocycles. The zero-order valence-corrected chi connectivity index (χ0v) is 10.0. The van der Waals surface area contributed by atoms with Gasteiger partial charge in [-0.05, 0) is 31.2 Å². The summed E-state index contributed by atoms with van der Waals surface area (Å²) in [6, 6.07) is 8.66. The van der Waals surface area contributed by atoms with Crippen LogP contribution in [-0.2, 0) is 6.42 Å². The maximum absolute atomic E-state index is 6.21. The Morgan fingerprint density at radius 2 is 2.00 bits per heavy atom. The van der Waals surface area contributed by atoms with Crippen LogP contribution in [-0.4, -0.2) is 5.38 Å². The molecule has 0 heterocycles. The molecule has 0 aliphatic heterocycles. The van der Waals surface area contributed by atoms with Crippen LogP contribution >= 0.6 is 11.6 Å². The molecule has 0 aliphatic carbocycles. The molecule has 1 heteroatoms. The van der Waals surface area contributed by atoms with Crippen LogP contribution in [0.25, 0.3) is 0 Å². The molecular formula is C13H19Cl. The van der Waals surface area contributed by atoms with Crippen LogP contribution in [0.3, 0.4) is 0 Å². The SMILES string of the molecule is Cc1cccc(CCC(Cl)C(C)C)c1. The van der Waals surface area contributed by atoms with Gasteiger partial charge in [0, 0.05) is 5.38 Å². The summed E-state index contributed by atoms with van der Waals surface area (Å²) >= 11 is 6.21. The molecule has 0 saturated carbocycles. The lowest BCUT2D eigenvalue weighted by molar-refractivity contribution is 0.565. The van der Waals surface area contributed by atoms with Crippen molar-refractivity contribution in [1.82, 2.24) is 0 Å². The van der Waals surface area contributed by atoms with Gasteiger partial charge in [-0.3, -0.25) is 0 Å². The Hall–Kier alpha value is -0.490. The molecule has 0 spiro atoms. The molecule has 0 radical (unpaired) electrons. The molecule has 0 aliphatic rings. The first kappa shape index (κ1) is 11.6. The van der Waals surface area contributed by atoms with E-state index in [1.54, 1.807) is 0 Å². The summed E-state index contributed by atoms with van der Waals surface area (Å²) in [5.74, 6) is 0.571. The molecule has 14 heavy (non-hydrogen) atoms. The van der Waals surface area contributed by atoms with Crippen LogP contribution in [0.5, 0.6) is 0 Å². The van der Waals surface area contributed by atoms with E-state index in [-0.39, 0.29) is 0 Å². The number of alkyl halides is 1. The summed E-state index contributed by atoms with van der Waals surface area (Å²) in [7, 11) is 0. The molecule has 1 aromatic rings. The van der Waals surface area contributed by atoms with E-state index in [2.05, 4.69) is 45.0 Å². The molecule has 1 aromatic carbocycles. The third kappa shape index (κ3) is 3.71. The Kier molecular flexibility index (Phi) is 4.47. The van der Waals surface area contributed by atoms with Crippen molar-refractivity contribution in [2.75, 3.05) is 0 Å². The van der Waals surface area contributed by atoms with Crippen molar-refractivity contribution in [2.24, 2.45) is 5.92 Å². The van der Waals surface area contributed by atoms with Gasteiger partial charge < -0.3 is 0 Å². The highest BCUT2D eigenvalue weighted by atomic mass is 35.5. The third-order valence-corrected chi connectivity index (χ3v) is 3.24. The maximum Gasteiger partial charge on any atom is 0.0362 e. The summed E-state index contributed by atoms with van der Waals surface area (Å²) in [4.78, 5) is 0. The summed E-state index contributed by atoms with van der Waals surface area (Å²) in [5, 5.41) is 0.301. The highest BCUT2D eigenvalue weighted by molar-refractivity contribution is 6.20. The van der Waals surface area contributed by atoms with Gasteiger partial charge in [-0.1, -0.05) is 43.7 Å². The topological polar surface area (TPSA) is 0 Å². The van der Waals surface area contributed by atoms with E-state index in [0.29, 0.717) is 11.3 Å². The molecular weight excluding hydrogens is 192 g/mol. The lowest BCUT2D eigenvalue weighted by Crippen LogP contribution is -2.08. The third-order valence-electron chi connectivity index (χ3n) is 2.51. The minimum Gasteiger partial charge on any atom is -0.123 e. The van der Waals surface area contributed by atoms with Crippen LogP contribution in [0, 0.1) is 12.8 Å². The molecule has 0 amide bonds. The Labute approximate surface area is 92.3 Å². The Morgan fingerprint density at radius 1 is 1.29 bits per heavy atom. The van der Waals surface area contributed by atoms with Gasteiger partial charge in [0.05, 0.1) is 0 Å². The zero-order chi connectivity index (χ0) is 10.6. The van der Waals surface area contributed by atoms with Crippen molar-refractivity contribution in [3.63, 3.8) is 0 Å². The van der Waals surface area contributed by atoms with Gasteiger partial charge in [0.25, 0.3) is 0 Å². The van der Waals surface area contributed by atoms with Gasteiger partial charge >= 0.3 is 0 Å². The monoisotopic (exact) mass is 210 g/mol. The lowest BCUT2D eigenvalue weighted by Gasteiger charge is -2.12. The summed E-state index contributed by atoms with van der Waals surface area (Å²) in [6.45, 7) is 6.48. The van der Waals surface area contributed by atoms with Gasteiger partial charge in [-0.25, -0.2) is 0 Å². The first-order valence-corrected chi connectivity index (χ1v) is 5.73. The summed E-state index contributed by atoms with van der Waals surface area (Å²) in [5.41, 5.74) is 2.73. The van der Waals surface area contributed by atoms with Crippen molar-refractivity contribution in [1.29, 1.82) is 0 Å². The number of benzene rings is 1. The number of halogens is 1. The maximum atomic E-state index is 6.21. The molecule has 0 nitrogen and oxygen atoms in total. The fourth-order valence-corrected chi connectivity index (χ4v) is 1.61. The second kappa shape index (κ2) is 5.41. The highest BCUT2D eigenvalue weighted by Crippen LogP contribution is 2.17. The quantitative estimate of drug-likeness (QED) is 0.654. The van der Waals surface area contributed by atoms with E-state index in [4.69, 9.17) is 11.6 Å². The Balaban J connectivity index is 2.45. The Morgan fingerprint density at radius 3 is 2.57 bits per heavy atom. The van der Waals surface area contributed by atoms with Gasteiger partial charge in [-0.2, -0.15) is 0 Å². The molecule has 0 bridgehead atoms. The first-order chi connectivity index (χ1) is 6.59. The van der Waals surface area contributed by atoms with Crippen molar-refractivity contribution >= 4 is 11.6 Å². The van der Waals surface area contributed by atoms with Crippen LogP contribution in [0.15, 0.2) is 24.3 Å². The summed E-state index contributed by atoms with van der Waals surface area (Å²) in [6.07, 6.45) is 2.16. The number of hydrogen-bond donors (Lipinski definition) is 0. The van der Waals surface area contributed by atoms with Crippen LogP contribution < -0.4 is 0 Å². The molecule has 1 rings (SSSR count). The molecule has 1 atom stereocenters. The van der Waals surface area contributed by atoms with Crippen molar-refractivity contribution in [3.8, 4) is 0 Å². The average molecular weight is 211 g/mol. The molecule has 0 saturated heterocycles. The second-order valence-corrected chi connectivity index (χ2v) is 4.85. The molecule has 1 unspecified atom stereocenters. The van der Waals surface area contributed by atoms with Crippen molar-refractivity contribution in [3.05, 3.63) is 35.4 Å². The summed E-state index contributed by atoms with van der Waals surface area (Å²) < 4.78 is 0. The zero-order valence-electron chi connectivity index (χ0n) is 9.26. The van der Waals surface area contributed by atoms with Crippen LogP contribution in [0.4, 0.5) is 0 Å². The average Bonchev–Trinajstić information content (AvgIpc) is 2.14. The van der Waals surface area contributed by atoms with E-state index in [1.807, 2.05) is 0 Å². The van der Waals surface area contributed by atoms with E-state index in [0.717, 1.165) is 12.8 Å². The van der Waals surface area contributed by atoms with Gasteiger partial charge in [-0.15, -0.1) is 11.6 Å². The van der Waals surface area contributed by atoms with E-state index in [1.165, 1.54) is 11.1 Å². The van der Waals surface area contributed by atoms with Crippen molar-refractivity contribution in [2.45, 2.75) is 39.0 Å².